The molecule has 0 aliphatic heterocycles. The van der Waals surface area contributed by atoms with Gasteiger partial charge in [-0.15, -0.1) is 0 Å². The summed E-state index contributed by atoms with van der Waals surface area (Å²) in [7, 11) is 0. The van der Waals surface area contributed by atoms with Crippen molar-refractivity contribution < 1.29 is 28.6 Å². The van der Waals surface area contributed by atoms with E-state index in [1.807, 2.05) is 0 Å². The van der Waals surface area contributed by atoms with Crippen LogP contribution in [0.25, 0.3) is 0 Å². The average Bonchev–Trinajstić information content (AvgIpc) is 3.39. The molecule has 73 heavy (non-hydrogen) atoms. The van der Waals surface area contributed by atoms with Gasteiger partial charge in [0.15, 0.2) is 6.10 Å². The van der Waals surface area contributed by atoms with Gasteiger partial charge in [0.2, 0.25) is 0 Å². The molecule has 0 aromatic rings. The Morgan fingerprint density at radius 1 is 0.274 bits per heavy atom. The Balaban J connectivity index is 4.21. The van der Waals surface area contributed by atoms with Gasteiger partial charge in [-0.1, -0.05) is 268 Å². The van der Waals surface area contributed by atoms with E-state index in [1.54, 1.807) is 0 Å². The van der Waals surface area contributed by atoms with Crippen LogP contribution < -0.4 is 0 Å². The van der Waals surface area contributed by atoms with Crippen molar-refractivity contribution in [1.82, 2.24) is 0 Å². The standard InChI is InChI=1S/C67H122O6/c1-4-7-10-13-16-19-22-25-27-29-30-31-32-33-34-35-36-37-38-39-41-42-45-48-51-54-57-60-66(69)72-63-64(62-71-65(68)59-56-53-50-47-44-24-21-18-15-12-9-6-3)73-67(70)61-58-55-52-49-46-43-40-28-26-23-20-17-14-11-8-5-2/h18,21-22,25,28-30,40,64H,4-17,19-20,23-24,26-27,31-39,41-63H2,1-3H3/b21-18-,25-22-,30-29-,40-28-. The van der Waals surface area contributed by atoms with Gasteiger partial charge in [0.05, 0.1) is 0 Å². The summed E-state index contributed by atoms with van der Waals surface area (Å²) in [6, 6.07) is 0. The summed E-state index contributed by atoms with van der Waals surface area (Å²) in [4.78, 5) is 38.2. The first kappa shape index (κ1) is 70.4. The molecule has 0 aliphatic rings. The van der Waals surface area contributed by atoms with E-state index in [-0.39, 0.29) is 31.1 Å². The molecule has 0 saturated carbocycles. The Morgan fingerprint density at radius 3 is 0.795 bits per heavy atom. The van der Waals surface area contributed by atoms with Crippen molar-refractivity contribution in [2.24, 2.45) is 0 Å². The lowest BCUT2D eigenvalue weighted by Gasteiger charge is -2.18. The second-order valence-corrected chi connectivity index (χ2v) is 21.7. The van der Waals surface area contributed by atoms with E-state index in [4.69, 9.17) is 14.2 Å². The van der Waals surface area contributed by atoms with E-state index >= 15 is 0 Å². The Labute approximate surface area is 454 Å². The largest absolute Gasteiger partial charge is 0.462 e. The van der Waals surface area contributed by atoms with Crippen LogP contribution in [0.2, 0.25) is 0 Å². The zero-order valence-electron chi connectivity index (χ0n) is 48.9. The van der Waals surface area contributed by atoms with E-state index < -0.39 is 6.10 Å². The van der Waals surface area contributed by atoms with Gasteiger partial charge >= 0.3 is 17.9 Å². The van der Waals surface area contributed by atoms with Gasteiger partial charge in [-0.2, -0.15) is 0 Å². The number of allylic oxidation sites excluding steroid dienone is 8. The molecule has 0 aromatic carbocycles. The van der Waals surface area contributed by atoms with Crippen molar-refractivity contribution in [2.45, 2.75) is 348 Å². The number of carbonyl (C=O) groups excluding carboxylic acids is 3. The summed E-state index contributed by atoms with van der Waals surface area (Å²) in [5.74, 6) is -0.877. The molecule has 0 bridgehead atoms. The molecule has 6 nitrogen and oxygen atoms in total. The molecule has 0 saturated heterocycles. The number of carbonyl (C=O) groups is 3. The molecule has 1 unspecified atom stereocenters. The highest BCUT2D eigenvalue weighted by atomic mass is 16.6. The lowest BCUT2D eigenvalue weighted by molar-refractivity contribution is -0.167. The van der Waals surface area contributed by atoms with Gasteiger partial charge in [0, 0.05) is 19.3 Å². The SMILES string of the molecule is CCCCC/C=C\CCCCCCCC(=O)OCC(COC(=O)CCCCCCCCCCCCCCCCC/C=C\C/C=C\CCCCCCC)OC(=O)CCCCCCC/C=C\CCCCCCCCC. The summed E-state index contributed by atoms with van der Waals surface area (Å²) >= 11 is 0. The molecule has 0 aromatic heterocycles. The monoisotopic (exact) mass is 1020 g/mol. The van der Waals surface area contributed by atoms with Crippen LogP contribution >= 0.6 is 0 Å². The third kappa shape index (κ3) is 60.1. The van der Waals surface area contributed by atoms with Crippen LogP contribution in [-0.4, -0.2) is 37.2 Å². The summed E-state index contributed by atoms with van der Waals surface area (Å²) in [5.41, 5.74) is 0. The van der Waals surface area contributed by atoms with Gasteiger partial charge < -0.3 is 14.2 Å². The molecular formula is C67H122O6. The highest BCUT2D eigenvalue weighted by molar-refractivity contribution is 5.71. The van der Waals surface area contributed by atoms with Crippen LogP contribution in [0.1, 0.15) is 342 Å². The quantitative estimate of drug-likeness (QED) is 0.0261. The van der Waals surface area contributed by atoms with Gasteiger partial charge in [-0.05, 0) is 103 Å². The topological polar surface area (TPSA) is 78.9 Å². The highest BCUT2D eigenvalue weighted by Gasteiger charge is 2.19. The number of rotatable bonds is 59. The molecule has 1 atom stereocenters. The summed E-state index contributed by atoms with van der Waals surface area (Å²) in [6.45, 7) is 6.63. The predicted molar refractivity (Wildman–Crippen MR) is 316 cm³/mol. The molecule has 6 heteroatoms. The first-order chi connectivity index (χ1) is 36.0. The molecular weight excluding hydrogens is 901 g/mol. The molecule has 0 fully saturated rings. The fraction of sp³-hybridized carbons (Fsp3) is 0.836. The van der Waals surface area contributed by atoms with Gasteiger partial charge in [-0.3, -0.25) is 14.4 Å². The second-order valence-electron chi connectivity index (χ2n) is 21.7. The molecule has 426 valence electrons. The van der Waals surface area contributed by atoms with Crippen molar-refractivity contribution in [3.8, 4) is 0 Å². The van der Waals surface area contributed by atoms with Crippen LogP contribution in [0.15, 0.2) is 48.6 Å². The Hall–Kier alpha value is -2.63. The lowest BCUT2D eigenvalue weighted by Crippen LogP contribution is -2.30. The minimum absolute atomic E-state index is 0.0764. The van der Waals surface area contributed by atoms with E-state index in [0.29, 0.717) is 19.3 Å². The zero-order valence-corrected chi connectivity index (χ0v) is 48.9. The zero-order chi connectivity index (χ0) is 52.9. The third-order valence-electron chi connectivity index (χ3n) is 14.3. The van der Waals surface area contributed by atoms with E-state index in [1.165, 1.54) is 225 Å². The van der Waals surface area contributed by atoms with Gasteiger partial charge in [0.1, 0.15) is 13.2 Å². The van der Waals surface area contributed by atoms with Gasteiger partial charge in [-0.25, -0.2) is 0 Å². The molecule has 0 N–H and O–H groups in total. The first-order valence-electron chi connectivity index (χ1n) is 32.1. The predicted octanol–water partition coefficient (Wildman–Crippen LogP) is 21.8. The molecule has 0 radical (unpaired) electrons. The maximum Gasteiger partial charge on any atom is 0.306 e. The Morgan fingerprint density at radius 2 is 0.493 bits per heavy atom. The van der Waals surface area contributed by atoms with E-state index in [9.17, 15) is 14.4 Å². The van der Waals surface area contributed by atoms with Crippen molar-refractivity contribution >= 4 is 17.9 Å². The summed E-state index contributed by atoms with van der Waals surface area (Å²) in [6.07, 6.45) is 77.0. The van der Waals surface area contributed by atoms with Crippen LogP contribution in [-0.2, 0) is 28.6 Å². The number of ether oxygens (including phenoxy) is 3. The third-order valence-corrected chi connectivity index (χ3v) is 14.3. The number of esters is 3. The van der Waals surface area contributed by atoms with Crippen molar-refractivity contribution in [3.63, 3.8) is 0 Å². The second kappa shape index (κ2) is 61.9. The Bertz CT molecular complexity index is 1270. The van der Waals surface area contributed by atoms with E-state index in [2.05, 4.69) is 69.4 Å². The number of hydrogen-bond donors (Lipinski definition) is 0. The first-order valence-corrected chi connectivity index (χ1v) is 32.1. The maximum absolute atomic E-state index is 12.9. The van der Waals surface area contributed by atoms with Crippen molar-refractivity contribution in [3.05, 3.63) is 48.6 Å². The normalized spacial score (nSPS) is 12.3. The fourth-order valence-corrected chi connectivity index (χ4v) is 9.41. The number of hydrogen-bond acceptors (Lipinski definition) is 6. The Kier molecular flexibility index (Phi) is 59.7. The molecule has 0 heterocycles. The van der Waals surface area contributed by atoms with Crippen molar-refractivity contribution in [1.29, 1.82) is 0 Å². The molecule has 0 spiro atoms. The summed E-state index contributed by atoms with van der Waals surface area (Å²) < 4.78 is 16.9. The minimum Gasteiger partial charge on any atom is -0.462 e. The van der Waals surface area contributed by atoms with Crippen LogP contribution in [0, 0.1) is 0 Å². The van der Waals surface area contributed by atoms with Crippen LogP contribution in [0.4, 0.5) is 0 Å². The van der Waals surface area contributed by atoms with Gasteiger partial charge in [0.25, 0.3) is 0 Å². The molecule has 0 rings (SSSR count). The van der Waals surface area contributed by atoms with Crippen LogP contribution in [0.5, 0.6) is 0 Å². The van der Waals surface area contributed by atoms with Crippen molar-refractivity contribution in [2.75, 3.05) is 13.2 Å². The smallest absolute Gasteiger partial charge is 0.306 e. The fourth-order valence-electron chi connectivity index (χ4n) is 9.41. The summed E-state index contributed by atoms with van der Waals surface area (Å²) in [5, 5.41) is 0. The van der Waals surface area contributed by atoms with E-state index in [0.717, 1.165) is 77.0 Å². The molecule has 0 amide bonds. The molecule has 0 aliphatic carbocycles. The maximum atomic E-state index is 12.9. The average molecular weight is 1020 g/mol. The number of unbranched alkanes of at least 4 members (excludes halogenated alkanes) is 40. The lowest BCUT2D eigenvalue weighted by atomic mass is 10.0. The highest BCUT2D eigenvalue weighted by Crippen LogP contribution is 2.17. The minimum atomic E-state index is -0.779. The van der Waals surface area contributed by atoms with Crippen LogP contribution in [0.3, 0.4) is 0 Å².